The molecule has 3 aromatic carbocycles. The van der Waals surface area contributed by atoms with E-state index in [0.29, 0.717) is 25.8 Å². The van der Waals surface area contributed by atoms with Gasteiger partial charge in [-0.1, -0.05) is 41.4 Å². The van der Waals surface area contributed by atoms with Crippen LogP contribution in [0.3, 0.4) is 0 Å². The van der Waals surface area contributed by atoms with Crippen LogP contribution in [0.25, 0.3) is 6.08 Å². The summed E-state index contributed by atoms with van der Waals surface area (Å²) in [5.74, 6) is -0.133. The number of nitro groups is 1. The van der Waals surface area contributed by atoms with Gasteiger partial charge in [0.25, 0.3) is 11.6 Å². The standard InChI is InChI=1S/C23H14BrCl2N3O4/c24-19-9-14(5-7-22(19)33-13-15-4-6-20(25)21(26)10-15)8-16(12-27)23(30)28-17-2-1-3-18(11-17)29(31)32/h1-11H,13H2,(H,28,30)/b16-8+. The first kappa shape index (κ1) is 24.3. The molecular formula is C23H14BrCl2N3O4. The molecule has 3 rings (SSSR count). The van der Waals surface area contributed by atoms with E-state index in [-0.39, 0.29) is 23.6 Å². The number of ether oxygens (including phenoxy) is 1. The second-order valence-electron chi connectivity index (χ2n) is 6.66. The molecule has 0 unspecified atom stereocenters. The van der Waals surface area contributed by atoms with Gasteiger partial charge in [0.1, 0.15) is 24.0 Å². The number of amides is 1. The van der Waals surface area contributed by atoms with Crippen LogP contribution in [-0.4, -0.2) is 10.8 Å². The van der Waals surface area contributed by atoms with E-state index in [0.717, 1.165) is 5.56 Å². The first-order valence-electron chi connectivity index (χ1n) is 9.30. The van der Waals surface area contributed by atoms with Gasteiger partial charge in [-0.3, -0.25) is 14.9 Å². The summed E-state index contributed by atoms with van der Waals surface area (Å²) in [5.41, 5.74) is 1.29. The number of hydrogen-bond acceptors (Lipinski definition) is 5. The van der Waals surface area contributed by atoms with Gasteiger partial charge in [0.05, 0.1) is 19.4 Å². The van der Waals surface area contributed by atoms with E-state index in [1.54, 1.807) is 36.4 Å². The lowest BCUT2D eigenvalue weighted by molar-refractivity contribution is -0.384. The summed E-state index contributed by atoms with van der Waals surface area (Å²) in [6.45, 7) is 0.264. The van der Waals surface area contributed by atoms with Crippen molar-refractivity contribution >= 4 is 62.5 Å². The minimum Gasteiger partial charge on any atom is -0.488 e. The van der Waals surface area contributed by atoms with Crippen molar-refractivity contribution in [1.82, 2.24) is 0 Å². The Balaban J connectivity index is 1.71. The molecule has 0 aliphatic carbocycles. The Morgan fingerprint density at radius 3 is 2.61 bits per heavy atom. The highest BCUT2D eigenvalue weighted by Crippen LogP contribution is 2.29. The van der Waals surface area contributed by atoms with Crippen molar-refractivity contribution < 1.29 is 14.5 Å². The Morgan fingerprint density at radius 1 is 1.15 bits per heavy atom. The molecule has 166 valence electrons. The molecule has 0 aliphatic heterocycles. The number of nitriles is 1. The van der Waals surface area contributed by atoms with Crippen molar-refractivity contribution in [2.24, 2.45) is 0 Å². The molecule has 1 N–H and O–H groups in total. The van der Waals surface area contributed by atoms with Crippen LogP contribution in [0, 0.1) is 21.4 Å². The number of nitro benzene ring substituents is 1. The molecule has 0 aliphatic rings. The van der Waals surface area contributed by atoms with Gasteiger partial charge < -0.3 is 10.1 Å². The Bertz CT molecular complexity index is 1310. The topological polar surface area (TPSA) is 105 Å². The highest BCUT2D eigenvalue weighted by Gasteiger charge is 2.13. The molecule has 0 fully saturated rings. The third-order valence-electron chi connectivity index (χ3n) is 4.33. The van der Waals surface area contributed by atoms with Gasteiger partial charge in [-0.25, -0.2) is 0 Å². The second kappa shape index (κ2) is 11.0. The molecule has 10 heteroatoms. The normalized spacial score (nSPS) is 10.9. The lowest BCUT2D eigenvalue weighted by Gasteiger charge is -2.10. The Kier molecular flexibility index (Phi) is 8.06. The van der Waals surface area contributed by atoms with Crippen molar-refractivity contribution in [3.05, 3.63) is 102 Å². The predicted molar refractivity (Wildman–Crippen MR) is 130 cm³/mol. The third-order valence-corrected chi connectivity index (χ3v) is 5.68. The molecule has 0 saturated heterocycles. The fourth-order valence-electron chi connectivity index (χ4n) is 2.73. The number of halogens is 3. The zero-order valence-corrected chi connectivity index (χ0v) is 19.8. The van der Waals surface area contributed by atoms with Crippen molar-refractivity contribution in [2.45, 2.75) is 6.61 Å². The van der Waals surface area contributed by atoms with Crippen LogP contribution in [0.4, 0.5) is 11.4 Å². The minimum absolute atomic E-state index is 0.169. The number of nitrogens with zero attached hydrogens (tertiary/aromatic N) is 2. The number of hydrogen-bond donors (Lipinski definition) is 1. The Labute approximate surface area is 207 Å². The quantitative estimate of drug-likeness (QED) is 0.152. The monoisotopic (exact) mass is 545 g/mol. The Hall–Kier alpha value is -3.38. The largest absolute Gasteiger partial charge is 0.488 e. The lowest BCUT2D eigenvalue weighted by Crippen LogP contribution is -2.13. The van der Waals surface area contributed by atoms with Crippen LogP contribution in [0.2, 0.25) is 10.0 Å². The van der Waals surface area contributed by atoms with Gasteiger partial charge in [-0.15, -0.1) is 0 Å². The number of rotatable bonds is 7. The van der Waals surface area contributed by atoms with E-state index >= 15 is 0 Å². The molecule has 0 heterocycles. The van der Waals surface area contributed by atoms with E-state index in [1.165, 1.54) is 30.3 Å². The molecule has 0 atom stereocenters. The maximum Gasteiger partial charge on any atom is 0.271 e. The van der Waals surface area contributed by atoms with Crippen LogP contribution < -0.4 is 10.1 Å². The van der Waals surface area contributed by atoms with Crippen LogP contribution in [0.15, 0.2) is 70.7 Å². The average Bonchev–Trinajstić information content (AvgIpc) is 2.79. The van der Waals surface area contributed by atoms with Gasteiger partial charge in [-0.2, -0.15) is 5.26 Å². The molecule has 1 amide bonds. The molecule has 0 aromatic heterocycles. The highest BCUT2D eigenvalue weighted by molar-refractivity contribution is 9.10. The first-order valence-corrected chi connectivity index (χ1v) is 10.9. The van der Waals surface area contributed by atoms with Gasteiger partial charge in [0.2, 0.25) is 0 Å². The summed E-state index contributed by atoms with van der Waals surface area (Å²) in [5, 5.41) is 23.7. The number of carbonyl (C=O) groups excluding carboxylic acids is 1. The van der Waals surface area contributed by atoms with Crippen molar-refractivity contribution in [3.8, 4) is 11.8 Å². The van der Waals surface area contributed by atoms with Crippen LogP contribution in [0.1, 0.15) is 11.1 Å². The summed E-state index contributed by atoms with van der Waals surface area (Å²) in [6, 6.07) is 17.6. The van der Waals surface area contributed by atoms with Crippen LogP contribution >= 0.6 is 39.1 Å². The zero-order valence-electron chi connectivity index (χ0n) is 16.7. The zero-order chi connectivity index (χ0) is 24.0. The number of benzene rings is 3. The van der Waals surface area contributed by atoms with E-state index in [4.69, 9.17) is 27.9 Å². The molecular weight excluding hydrogens is 533 g/mol. The Morgan fingerprint density at radius 2 is 1.94 bits per heavy atom. The van der Waals surface area contributed by atoms with Crippen molar-refractivity contribution in [1.29, 1.82) is 5.26 Å². The minimum atomic E-state index is -0.686. The molecule has 7 nitrogen and oxygen atoms in total. The molecule has 0 radical (unpaired) electrons. The van der Waals surface area contributed by atoms with Gasteiger partial charge in [0, 0.05) is 17.8 Å². The maximum atomic E-state index is 12.5. The highest BCUT2D eigenvalue weighted by atomic mass is 79.9. The van der Waals surface area contributed by atoms with Crippen molar-refractivity contribution in [3.63, 3.8) is 0 Å². The van der Waals surface area contributed by atoms with E-state index < -0.39 is 10.8 Å². The predicted octanol–water partition coefficient (Wildman–Crippen LogP) is 6.79. The molecule has 33 heavy (non-hydrogen) atoms. The number of anilines is 1. The summed E-state index contributed by atoms with van der Waals surface area (Å²) >= 11 is 15.4. The molecule has 0 spiro atoms. The fourth-order valence-corrected chi connectivity index (χ4v) is 3.56. The lowest BCUT2D eigenvalue weighted by atomic mass is 10.1. The number of carbonyl (C=O) groups is 1. The SMILES string of the molecule is N#C/C(=C\c1ccc(OCc2ccc(Cl)c(Cl)c2)c(Br)c1)C(=O)Nc1cccc([N+](=O)[O-])c1. The molecule has 0 bridgehead atoms. The second-order valence-corrected chi connectivity index (χ2v) is 8.33. The summed E-state index contributed by atoms with van der Waals surface area (Å²) in [6.07, 6.45) is 1.40. The van der Waals surface area contributed by atoms with Crippen LogP contribution in [-0.2, 0) is 11.4 Å². The smallest absolute Gasteiger partial charge is 0.271 e. The van der Waals surface area contributed by atoms with Crippen LogP contribution in [0.5, 0.6) is 5.75 Å². The number of non-ortho nitro benzene ring substituents is 1. The summed E-state index contributed by atoms with van der Waals surface area (Å²) < 4.78 is 6.41. The van der Waals surface area contributed by atoms with Crippen molar-refractivity contribution in [2.75, 3.05) is 5.32 Å². The average molecular weight is 547 g/mol. The third kappa shape index (κ3) is 6.56. The maximum absolute atomic E-state index is 12.5. The summed E-state index contributed by atoms with van der Waals surface area (Å²) in [4.78, 5) is 22.8. The van der Waals surface area contributed by atoms with E-state index in [2.05, 4.69) is 21.2 Å². The first-order chi connectivity index (χ1) is 15.8. The van der Waals surface area contributed by atoms with Gasteiger partial charge in [-0.05, 0) is 63.5 Å². The van der Waals surface area contributed by atoms with Gasteiger partial charge in [0.15, 0.2) is 0 Å². The van der Waals surface area contributed by atoms with E-state index in [9.17, 15) is 20.2 Å². The van der Waals surface area contributed by atoms with E-state index in [1.807, 2.05) is 6.07 Å². The summed E-state index contributed by atoms with van der Waals surface area (Å²) in [7, 11) is 0. The fraction of sp³-hybridized carbons (Fsp3) is 0.0435. The number of nitrogens with one attached hydrogen (secondary N) is 1. The van der Waals surface area contributed by atoms with Gasteiger partial charge >= 0.3 is 0 Å². The molecule has 3 aromatic rings. The molecule has 0 saturated carbocycles.